The number of rotatable bonds is 4. The van der Waals surface area contributed by atoms with E-state index >= 15 is 0 Å². The summed E-state index contributed by atoms with van der Waals surface area (Å²) in [5, 5.41) is 8.31. The van der Waals surface area contributed by atoms with Crippen LogP contribution in [0, 0.1) is 5.92 Å². The fraction of sp³-hybridized carbons (Fsp3) is 0.875. The van der Waals surface area contributed by atoms with E-state index in [0.717, 1.165) is 12.8 Å². The van der Waals surface area contributed by atoms with Crippen molar-refractivity contribution in [2.75, 3.05) is 0 Å². The van der Waals surface area contributed by atoms with Gasteiger partial charge < -0.3 is 9.84 Å². The molecule has 0 aliphatic rings. The molecule has 1 unspecified atom stereocenters. The van der Waals surface area contributed by atoms with E-state index < -0.39 is 6.16 Å². The van der Waals surface area contributed by atoms with Gasteiger partial charge in [-0.05, 0) is 18.8 Å². The predicted molar refractivity (Wildman–Crippen MR) is 42.6 cm³/mol. The van der Waals surface area contributed by atoms with Crippen molar-refractivity contribution in [3.05, 3.63) is 0 Å². The molecule has 0 saturated carbocycles. The van der Waals surface area contributed by atoms with Crippen LogP contribution in [0.3, 0.4) is 0 Å². The second-order valence-corrected chi connectivity index (χ2v) is 3.04. The smallest absolute Gasteiger partial charge is 0.450 e. The van der Waals surface area contributed by atoms with Gasteiger partial charge in [-0.15, -0.1) is 0 Å². The van der Waals surface area contributed by atoms with Crippen LogP contribution in [0.15, 0.2) is 0 Å². The van der Waals surface area contributed by atoms with Crippen molar-refractivity contribution in [2.24, 2.45) is 5.92 Å². The van der Waals surface area contributed by atoms with Crippen molar-refractivity contribution in [1.82, 2.24) is 0 Å². The standard InChI is InChI=1S/C8H16O3/c1-4-7(5-6(2)3)11-8(9)10/h6-7H,4-5H2,1-3H3,(H,9,10). The molecule has 3 heteroatoms. The first-order valence-corrected chi connectivity index (χ1v) is 3.95. The van der Waals surface area contributed by atoms with Crippen LogP contribution in [0.4, 0.5) is 4.79 Å². The number of ether oxygens (including phenoxy) is 1. The first-order chi connectivity index (χ1) is 5.06. The summed E-state index contributed by atoms with van der Waals surface area (Å²) in [6, 6.07) is 0. The highest BCUT2D eigenvalue weighted by Crippen LogP contribution is 2.11. The lowest BCUT2D eigenvalue weighted by Crippen LogP contribution is -2.17. The Bertz CT molecular complexity index is 121. The lowest BCUT2D eigenvalue weighted by atomic mass is 10.0. The third-order valence-electron chi connectivity index (χ3n) is 1.46. The molecule has 0 aromatic carbocycles. The summed E-state index contributed by atoms with van der Waals surface area (Å²) >= 11 is 0. The Labute approximate surface area is 67.4 Å². The molecule has 3 nitrogen and oxygen atoms in total. The predicted octanol–water partition coefficient (Wildman–Crippen LogP) is 2.51. The fourth-order valence-corrected chi connectivity index (χ4v) is 0.966. The van der Waals surface area contributed by atoms with Gasteiger partial charge in [0, 0.05) is 0 Å². The summed E-state index contributed by atoms with van der Waals surface area (Å²) < 4.78 is 4.63. The largest absolute Gasteiger partial charge is 0.506 e. The Morgan fingerprint density at radius 2 is 2.09 bits per heavy atom. The van der Waals surface area contributed by atoms with Crippen LogP contribution in [0.1, 0.15) is 33.6 Å². The Morgan fingerprint density at radius 1 is 1.55 bits per heavy atom. The third-order valence-corrected chi connectivity index (χ3v) is 1.46. The average molecular weight is 160 g/mol. The number of hydrogen-bond donors (Lipinski definition) is 1. The van der Waals surface area contributed by atoms with Crippen LogP contribution in [-0.4, -0.2) is 17.4 Å². The van der Waals surface area contributed by atoms with Crippen LogP contribution in [0.2, 0.25) is 0 Å². The normalized spacial score (nSPS) is 13.1. The maximum atomic E-state index is 10.1. The SMILES string of the molecule is CCC(CC(C)C)OC(=O)O. The van der Waals surface area contributed by atoms with Crippen molar-refractivity contribution in [3.63, 3.8) is 0 Å². The zero-order valence-corrected chi connectivity index (χ0v) is 7.33. The van der Waals surface area contributed by atoms with E-state index in [0.29, 0.717) is 5.92 Å². The minimum atomic E-state index is -1.17. The monoisotopic (exact) mass is 160 g/mol. The quantitative estimate of drug-likeness (QED) is 0.643. The molecule has 0 saturated heterocycles. The van der Waals surface area contributed by atoms with E-state index in [1.807, 2.05) is 20.8 Å². The first kappa shape index (κ1) is 10.3. The van der Waals surface area contributed by atoms with Crippen molar-refractivity contribution < 1.29 is 14.6 Å². The lowest BCUT2D eigenvalue weighted by Gasteiger charge is -2.15. The van der Waals surface area contributed by atoms with Crippen LogP contribution in [0.25, 0.3) is 0 Å². The zero-order valence-electron chi connectivity index (χ0n) is 7.33. The highest BCUT2D eigenvalue weighted by Gasteiger charge is 2.12. The molecule has 0 aliphatic heterocycles. The van der Waals surface area contributed by atoms with Gasteiger partial charge >= 0.3 is 6.16 Å². The fourth-order valence-electron chi connectivity index (χ4n) is 0.966. The molecule has 0 radical (unpaired) electrons. The van der Waals surface area contributed by atoms with Gasteiger partial charge in [-0.3, -0.25) is 0 Å². The Morgan fingerprint density at radius 3 is 2.36 bits per heavy atom. The van der Waals surface area contributed by atoms with Gasteiger partial charge in [0.05, 0.1) is 0 Å². The zero-order chi connectivity index (χ0) is 8.85. The molecule has 0 rings (SSSR count). The maximum absolute atomic E-state index is 10.1. The van der Waals surface area contributed by atoms with E-state index in [2.05, 4.69) is 4.74 Å². The van der Waals surface area contributed by atoms with Crippen LogP contribution in [-0.2, 0) is 4.74 Å². The van der Waals surface area contributed by atoms with Gasteiger partial charge in [0.15, 0.2) is 0 Å². The highest BCUT2D eigenvalue weighted by molar-refractivity contribution is 5.57. The minimum Gasteiger partial charge on any atom is -0.450 e. The van der Waals surface area contributed by atoms with E-state index in [4.69, 9.17) is 5.11 Å². The van der Waals surface area contributed by atoms with Gasteiger partial charge in [0.25, 0.3) is 0 Å². The number of carboxylic acid groups (broad SMARTS) is 1. The second-order valence-electron chi connectivity index (χ2n) is 3.04. The average Bonchev–Trinajstić information content (AvgIpc) is 1.84. The van der Waals surface area contributed by atoms with E-state index in [-0.39, 0.29) is 6.10 Å². The summed E-state index contributed by atoms with van der Waals surface area (Å²) in [6.45, 7) is 6.03. The van der Waals surface area contributed by atoms with E-state index in [1.165, 1.54) is 0 Å². The number of hydrogen-bond acceptors (Lipinski definition) is 2. The molecule has 0 bridgehead atoms. The molecule has 0 aliphatic carbocycles. The molecule has 0 amide bonds. The molecule has 0 heterocycles. The Kier molecular flexibility index (Phi) is 4.66. The van der Waals surface area contributed by atoms with Gasteiger partial charge in [-0.2, -0.15) is 0 Å². The lowest BCUT2D eigenvalue weighted by molar-refractivity contribution is 0.0415. The van der Waals surface area contributed by atoms with Crippen molar-refractivity contribution in [1.29, 1.82) is 0 Å². The van der Waals surface area contributed by atoms with Gasteiger partial charge in [-0.1, -0.05) is 20.8 Å². The highest BCUT2D eigenvalue weighted by atomic mass is 16.7. The van der Waals surface area contributed by atoms with E-state index in [1.54, 1.807) is 0 Å². The summed E-state index contributed by atoms with van der Waals surface area (Å²) in [5.41, 5.74) is 0. The molecule has 0 spiro atoms. The topological polar surface area (TPSA) is 46.5 Å². The second kappa shape index (κ2) is 4.99. The summed E-state index contributed by atoms with van der Waals surface area (Å²) in [5.74, 6) is 0.485. The molecular weight excluding hydrogens is 144 g/mol. The van der Waals surface area contributed by atoms with Crippen molar-refractivity contribution >= 4 is 6.16 Å². The summed E-state index contributed by atoms with van der Waals surface area (Å²) in [6.07, 6.45) is 0.262. The molecule has 0 aromatic rings. The van der Waals surface area contributed by atoms with Crippen LogP contribution in [0.5, 0.6) is 0 Å². The van der Waals surface area contributed by atoms with E-state index in [9.17, 15) is 4.79 Å². The Hall–Kier alpha value is -0.730. The minimum absolute atomic E-state index is 0.132. The molecule has 11 heavy (non-hydrogen) atoms. The molecule has 1 N–H and O–H groups in total. The van der Waals surface area contributed by atoms with Gasteiger partial charge in [0.1, 0.15) is 6.10 Å². The van der Waals surface area contributed by atoms with Crippen molar-refractivity contribution in [2.45, 2.75) is 39.7 Å². The van der Waals surface area contributed by atoms with Crippen molar-refractivity contribution in [3.8, 4) is 0 Å². The first-order valence-electron chi connectivity index (χ1n) is 3.95. The van der Waals surface area contributed by atoms with Gasteiger partial charge in [-0.25, -0.2) is 4.79 Å². The molecule has 0 fully saturated rings. The molecule has 66 valence electrons. The van der Waals surface area contributed by atoms with Gasteiger partial charge in [0.2, 0.25) is 0 Å². The number of carbonyl (C=O) groups is 1. The molecule has 0 aromatic heterocycles. The molecule has 1 atom stereocenters. The summed E-state index contributed by atoms with van der Waals surface area (Å²) in [4.78, 5) is 10.1. The molecular formula is C8H16O3. The van der Waals surface area contributed by atoms with Crippen LogP contribution >= 0.6 is 0 Å². The Balaban J connectivity index is 3.66. The summed E-state index contributed by atoms with van der Waals surface area (Å²) in [7, 11) is 0. The third kappa shape index (κ3) is 5.70. The maximum Gasteiger partial charge on any atom is 0.506 e. The van der Waals surface area contributed by atoms with Crippen LogP contribution < -0.4 is 0 Å².